The number of nitrogens with one attached hydrogen (secondary N) is 1. The quantitative estimate of drug-likeness (QED) is 0.840. The maximum atomic E-state index is 4.31. The first-order valence-electron chi connectivity index (χ1n) is 6.52. The van der Waals surface area contributed by atoms with Gasteiger partial charge in [-0.25, -0.2) is 4.98 Å². The average molecular weight is 252 g/mol. The lowest BCUT2D eigenvalue weighted by atomic mass is 9.92. The summed E-state index contributed by atoms with van der Waals surface area (Å²) in [5, 5.41) is 3.34. The summed E-state index contributed by atoms with van der Waals surface area (Å²) in [4.78, 5) is 6.54. The molecule has 1 heterocycles. The van der Waals surface area contributed by atoms with Crippen LogP contribution in [0.25, 0.3) is 0 Å². The Bertz CT molecular complexity index is 377. The number of aromatic nitrogens is 2. The molecule has 1 aromatic rings. The fraction of sp³-hybridized carbons (Fsp3) is 0.786. The Morgan fingerprint density at radius 2 is 1.89 bits per heavy atom. The van der Waals surface area contributed by atoms with E-state index in [-0.39, 0.29) is 11.0 Å². The summed E-state index contributed by atoms with van der Waals surface area (Å²) in [6.45, 7) is 11.0. The first-order valence-corrected chi connectivity index (χ1v) is 6.52. The molecule has 104 valence electrons. The average Bonchev–Trinajstić information content (AvgIpc) is 2.63. The molecular weight excluding hydrogens is 224 g/mol. The van der Waals surface area contributed by atoms with Crippen molar-refractivity contribution in [2.24, 2.45) is 5.41 Å². The summed E-state index contributed by atoms with van der Waals surface area (Å²) in [5.74, 6) is 0. The van der Waals surface area contributed by atoms with E-state index in [1.54, 1.807) is 0 Å². The Hall–Kier alpha value is -0.870. The van der Waals surface area contributed by atoms with Crippen LogP contribution in [0.3, 0.4) is 0 Å². The van der Waals surface area contributed by atoms with Crippen molar-refractivity contribution in [1.29, 1.82) is 0 Å². The van der Waals surface area contributed by atoms with Crippen LogP contribution in [-0.4, -0.2) is 42.1 Å². The second kappa shape index (κ2) is 5.41. The van der Waals surface area contributed by atoms with Gasteiger partial charge in [0.2, 0.25) is 0 Å². The van der Waals surface area contributed by atoms with Gasteiger partial charge in [-0.1, -0.05) is 13.8 Å². The van der Waals surface area contributed by atoms with E-state index in [0.29, 0.717) is 0 Å². The molecule has 0 saturated carbocycles. The highest BCUT2D eigenvalue weighted by Crippen LogP contribution is 2.24. The first kappa shape index (κ1) is 15.2. The predicted octanol–water partition coefficient (Wildman–Crippen LogP) is 1.93. The van der Waals surface area contributed by atoms with Gasteiger partial charge >= 0.3 is 0 Å². The molecule has 0 amide bonds. The molecular formula is C14H28N4. The van der Waals surface area contributed by atoms with E-state index in [1.165, 1.54) is 5.69 Å². The van der Waals surface area contributed by atoms with Crippen LogP contribution in [0.4, 0.5) is 0 Å². The number of hydrogen-bond acceptors (Lipinski definition) is 3. The van der Waals surface area contributed by atoms with Gasteiger partial charge in [0.1, 0.15) is 0 Å². The molecule has 1 N–H and O–H groups in total. The van der Waals surface area contributed by atoms with E-state index >= 15 is 0 Å². The predicted molar refractivity (Wildman–Crippen MR) is 76.6 cm³/mol. The van der Waals surface area contributed by atoms with Crippen molar-refractivity contribution in [2.45, 2.75) is 39.8 Å². The summed E-state index contributed by atoms with van der Waals surface area (Å²) in [7, 11) is 6.23. The van der Waals surface area contributed by atoms with Gasteiger partial charge in [-0.2, -0.15) is 0 Å². The molecule has 4 heteroatoms. The summed E-state index contributed by atoms with van der Waals surface area (Å²) in [6.07, 6.45) is 3.90. The first-order chi connectivity index (χ1) is 8.18. The van der Waals surface area contributed by atoms with Crippen LogP contribution < -0.4 is 5.32 Å². The van der Waals surface area contributed by atoms with Gasteiger partial charge in [0, 0.05) is 19.3 Å². The minimum absolute atomic E-state index is 0.0509. The second-order valence-electron chi connectivity index (χ2n) is 6.68. The lowest BCUT2D eigenvalue weighted by Gasteiger charge is -2.32. The summed E-state index contributed by atoms with van der Waals surface area (Å²) in [6, 6.07) is 0. The van der Waals surface area contributed by atoms with Crippen LogP contribution in [0.1, 0.15) is 33.4 Å². The summed E-state index contributed by atoms with van der Waals surface area (Å²) < 4.78 is 2.26. The van der Waals surface area contributed by atoms with E-state index in [0.717, 1.165) is 13.1 Å². The Labute approximate surface area is 111 Å². The third-order valence-corrected chi connectivity index (χ3v) is 3.32. The Morgan fingerprint density at radius 1 is 1.28 bits per heavy atom. The van der Waals surface area contributed by atoms with Crippen LogP contribution in [0.15, 0.2) is 12.5 Å². The van der Waals surface area contributed by atoms with Crippen LogP contribution in [-0.2, 0) is 12.1 Å². The normalized spacial score (nSPS) is 13.3. The SMILES string of the molecule is CNC(C)(C)c1cncn1CC(C)(C)CN(C)C. The van der Waals surface area contributed by atoms with E-state index in [9.17, 15) is 0 Å². The molecule has 1 aromatic heterocycles. The van der Waals surface area contributed by atoms with Gasteiger partial charge in [0.15, 0.2) is 0 Å². The number of imidazole rings is 1. The molecule has 4 nitrogen and oxygen atoms in total. The maximum Gasteiger partial charge on any atom is 0.0948 e. The highest BCUT2D eigenvalue weighted by atomic mass is 15.1. The Balaban J connectivity index is 2.89. The molecule has 0 aliphatic rings. The molecule has 0 spiro atoms. The number of hydrogen-bond donors (Lipinski definition) is 1. The molecule has 0 fully saturated rings. The topological polar surface area (TPSA) is 33.1 Å². The fourth-order valence-corrected chi connectivity index (χ4v) is 2.46. The summed E-state index contributed by atoms with van der Waals surface area (Å²) in [5.41, 5.74) is 1.41. The van der Waals surface area contributed by atoms with Crippen molar-refractivity contribution in [2.75, 3.05) is 27.7 Å². The van der Waals surface area contributed by atoms with Crippen molar-refractivity contribution in [3.05, 3.63) is 18.2 Å². The van der Waals surface area contributed by atoms with Crippen LogP contribution in [0, 0.1) is 5.41 Å². The van der Waals surface area contributed by atoms with E-state index in [4.69, 9.17) is 0 Å². The minimum Gasteiger partial charge on any atom is -0.332 e. The third kappa shape index (κ3) is 3.82. The highest BCUT2D eigenvalue weighted by Gasteiger charge is 2.26. The zero-order valence-corrected chi connectivity index (χ0v) is 12.9. The van der Waals surface area contributed by atoms with Gasteiger partial charge in [0.05, 0.1) is 17.6 Å². The standard InChI is InChI=1S/C14H28N4/c1-13(2,9-17(6)7)10-18-11-16-8-12(18)14(3,4)15-5/h8,11,15H,9-10H2,1-7H3. The van der Waals surface area contributed by atoms with Gasteiger partial charge in [0.25, 0.3) is 0 Å². The zero-order valence-electron chi connectivity index (χ0n) is 12.9. The molecule has 0 atom stereocenters. The smallest absolute Gasteiger partial charge is 0.0948 e. The van der Waals surface area contributed by atoms with E-state index < -0.39 is 0 Å². The molecule has 18 heavy (non-hydrogen) atoms. The van der Waals surface area contributed by atoms with Crippen molar-refractivity contribution < 1.29 is 0 Å². The molecule has 0 aliphatic heterocycles. The number of rotatable bonds is 6. The van der Waals surface area contributed by atoms with Gasteiger partial charge < -0.3 is 14.8 Å². The van der Waals surface area contributed by atoms with Crippen molar-refractivity contribution in [1.82, 2.24) is 19.8 Å². The van der Waals surface area contributed by atoms with E-state index in [2.05, 4.69) is 61.6 Å². The maximum absolute atomic E-state index is 4.31. The lowest BCUT2D eigenvalue weighted by molar-refractivity contribution is 0.206. The minimum atomic E-state index is -0.0509. The van der Waals surface area contributed by atoms with Crippen molar-refractivity contribution in [3.63, 3.8) is 0 Å². The molecule has 0 unspecified atom stereocenters. The van der Waals surface area contributed by atoms with Crippen molar-refractivity contribution >= 4 is 0 Å². The molecule has 0 aromatic carbocycles. The molecule has 0 saturated heterocycles. The zero-order chi connectivity index (χ0) is 14.0. The second-order valence-corrected chi connectivity index (χ2v) is 6.68. The largest absolute Gasteiger partial charge is 0.332 e. The fourth-order valence-electron chi connectivity index (χ4n) is 2.46. The Morgan fingerprint density at radius 3 is 2.39 bits per heavy atom. The number of nitrogens with zero attached hydrogens (tertiary/aromatic N) is 3. The van der Waals surface area contributed by atoms with Crippen LogP contribution in [0.5, 0.6) is 0 Å². The monoisotopic (exact) mass is 252 g/mol. The highest BCUT2D eigenvalue weighted by molar-refractivity contribution is 5.11. The van der Waals surface area contributed by atoms with Gasteiger partial charge in [-0.05, 0) is 40.4 Å². The summed E-state index contributed by atoms with van der Waals surface area (Å²) >= 11 is 0. The molecule has 0 aliphatic carbocycles. The molecule has 0 radical (unpaired) electrons. The lowest BCUT2D eigenvalue weighted by Crippen LogP contribution is -2.38. The van der Waals surface area contributed by atoms with Crippen LogP contribution >= 0.6 is 0 Å². The van der Waals surface area contributed by atoms with Gasteiger partial charge in [-0.3, -0.25) is 0 Å². The molecule has 0 bridgehead atoms. The Kier molecular flexibility index (Phi) is 4.56. The third-order valence-electron chi connectivity index (χ3n) is 3.32. The van der Waals surface area contributed by atoms with Crippen LogP contribution in [0.2, 0.25) is 0 Å². The van der Waals surface area contributed by atoms with Gasteiger partial charge in [-0.15, -0.1) is 0 Å². The van der Waals surface area contributed by atoms with E-state index in [1.807, 2.05) is 19.6 Å². The molecule has 1 rings (SSSR count). The van der Waals surface area contributed by atoms with Crippen molar-refractivity contribution in [3.8, 4) is 0 Å².